The molecule has 0 unspecified atom stereocenters. The summed E-state index contributed by atoms with van der Waals surface area (Å²) >= 11 is 1.50. The van der Waals surface area contributed by atoms with Gasteiger partial charge in [0.15, 0.2) is 10.9 Å². The predicted molar refractivity (Wildman–Crippen MR) is 83.0 cm³/mol. The summed E-state index contributed by atoms with van der Waals surface area (Å²) < 4.78 is 4.95. The quantitative estimate of drug-likeness (QED) is 0.908. The molecule has 0 spiro atoms. The predicted octanol–water partition coefficient (Wildman–Crippen LogP) is 1.99. The molecule has 7 nitrogen and oxygen atoms in total. The Balaban J connectivity index is 1.71. The second-order valence-electron chi connectivity index (χ2n) is 4.97. The number of aromatic nitrogens is 3. The van der Waals surface area contributed by atoms with Gasteiger partial charge in [-0.15, -0.1) is 11.3 Å². The third kappa shape index (κ3) is 3.23. The minimum Gasteiger partial charge on any atom is -0.375 e. The maximum Gasteiger partial charge on any atom is 0.249 e. The molecule has 1 N–H and O–H groups in total. The zero-order valence-corrected chi connectivity index (χ0v) is 13.0. The monoisotopic (exact) mass is 319 g/mol. The van der Waals surface area contributed by atoms with E-state index in [1.807, 2.05) is 10.3 Å². The van der Waals surface area contributed by atoms with Crippen LogP contribution in [0.5, 0.6) is 0 Å². The summed E-state index contributed by atoms with van der Waals surface area (Å²) in [6.45, 7) is 0.878. The van der Waals surface area contributed by atoms with Crippen molar-refractivity contribution in [2.45, 2.75) is 18.9 Å². The summed E-state index contributed by atoms with van der Waals surface area (Å²) in [6.07, 6.45) is 6.81. The first kappa shape index (κ1) is 14.9. The number of rotatable bonds is 5. The van der Waals surface area contributed by atoms with Crippen LogP contribution in [0, 0.1) is 0 Å². The number of hydrogen-bond acceptors (Lipinski definition) is 7. The lowest BCUT2D eigenvalue weighted by Gasteiger charge is -2.22. The van der Waals surface area contributed by atoms with E-state index in [1.165, 1.54) is 18.4 Å². The van der Waals surface area contributed by atoms with E-state index in [1.54, 1.807) is 18.6 Å². The summed E-state index contributed by atoms with van der Waals surface area (Å²) in [4.78, 5) is 26.7. The van der Waals surface area contributed by atoms with Crippen LogP contribution in [0.4, 0.5) is 10.9 Å². The number of carbonyl (C=O) groups excluding carboxylic acids is 1. The van der Waals surface area contributed by atoms with Crippen LogP contribution in [0.3, 0.4) is 0 Å². The van der Waals surface area contributed by atoms with Gasteiger partial charge in [-0.05, 0) is 12.8 Å². The van der Waals surface area contributed by atoms with E-state index >= 15 is 0 Å². The Hall–Kier alpha value is -2.06. The highest BCUT2D eigenvalue weighted by atomic mass is 32.1. The van der Waals surface area contributed by atoms with Gasteiger partial charge in [-0.2, -0.15) is 0 Å². The molecule has 8 heteroatoms. The summed E-state index contributed by atoms with van der Waals surface area (Å²) in [5.74, 6) is 0.670. The molecule has 1 saturated heterocycles. The van der Waals surface area contributed by atoms with Crippen LogP contribution < -0.4 is 5.32 Å². The van der Waals surface area contributed by atoms with Gasteiger partial charge in [0.2, 0.25) is 5.91 Å². The maximum absolute atomic E-state index is 12.1. The van der Waals surface area contributed by atoms with Gasteiger partial charge < -0.3 is 15.0 Å². The summed E-state index contributed by atoms with van der Waals surface area (Å²) in [5, 5.41) is 5.86. The molecule has 1 aliphatic rings. The highest BCUT2D eigenvalue weighted by Gasteiger charge is 2.31. The molecular weight excluding hydrogens is 302 g/mol. The Labute approximate surface area is 132 Å². The van der Waals surface area contributed by atoms with Crippen LogP contribution in [0.25, 0.3) is 0 Å². The fourth-order valence-corrected chi connectivity index (χ4v) is 3.31. The topological polar surface area (TPSA) is 80.2 Å². The molecule has 1 fully saturated rings. The highest BCUT2D eigenvalue weighted by molar-refractivity contribution is 7.13. The fourth-order valence-electron chi connectivity index (χ4n) is 2.55. The largest absolute Gasteiger partial charge is 0.375 e. The molecule has 3 rings (SSSR count). The van der Waals surface area contributed by atoms with E-state index in [4.69, 9.17) is 4.74 Å². The SMILES string of the molecule is COCC(=O)N1CCC[C@@H]1c1csc(Nc2cnccn2)n1. The Kier molecular flexibility index (Phi) is 4.59. The number of thiazole rings is 1. The molecule has 0 aromatic carbocycles. The van der Waals surface area contributed by atoms with Crippen LogP contribution in [-0.4, -0.2) is 46.0 Å². The van der Waals surface area contributed by atoms with Crippen molar-refractivity contribution in [3.8, 4) is 0 Å². The second kappa shape index (κ2) is 6.80. The van der Waals surface area contributed by atoms with Gasteiger partial charge in [0.1, 0.15) is 6.61 Å². The van der Waals surface area contributed by atoms with Gasteiger partial charge in [0, 0.05) is 31.4 Å². The Morgan fingerprint density at radius 3 is 3.23 bits per heavy atom. The summed E-state index contributed by atoms with van der Waals surface area (Å²) in [6, 6.07) is 0.0382. The number of ether oxygens (including phenoxy) is 1. The highest BCUT2D eigenvalue weighted by Crippen LogP contribution is 2.34. The van der Waals surface area contributed by atoms with E-state index in [-0.39, 0.29) is 18.6 Å². The van der Waals surface area contributed by atoms with Crippen LogP contribution >= 0.6 is 11.3 Å². The van der Waals surface area contributed by atoms with Crippen molar-refractivity contribution in [1.82, 2.24) is 19.9 Å². The lowest BCUT2D eigenvalue weighted by atomic mass is 10.2. The van der Waals surface area contributed by atoms with E-state index in [0.717, 1.165) is 30.2 Å². The standard InChI is InChI=1S/C14H17N5O2S/c1-21-8-13(20)19-6-2-3-11(19)10-9-22-14(17-10)18-12-7-15-4-5-16-12/h4-5,7,9,11H,2-3,6,8H2,1H3,(H,16,17,18)/t11-/m1/s1. The molecule has 0 saturated carbocycles. The van der Waals surface area contributed by atoms with Crippen molar-refractivity contribution in [3.63, 3.8) is 0 Å². The van der Waals surface area contributed by atoms with Crippen molar-refractivity contribution in [2.75, 3.05) is 25.6 Å². The smallest absolute Gasteiger partial charge is 0.249 e. The molecule has 1 aliphatic heterocycles. The van der Waals surface area contributed by atoms with Gasteiger partial charge in [-0.1, -0.05) is 0 Å². The molecule has 22 heavy (non-hydrogen) atoms. The molecule has 2 aromatic heterocycles. The number of anilines is 2. The van der Waals surface area contributed by atoms with E-state index in [9.17, 15) is 4.79 Å². The van der Waals surface area contributed by atoms with Crippen molar-refractivity contribution in [1.29, 1.82) is 0 Å². The maximum atomic E-state index is 12.1. The van der Waals surface area contributed by atoms with Crippen molar-refractivity contribution in [3.05, 3.63) is 29.7 Å². The lowest BCUT2D eigenvalue weighted by Crippen LogP contribution is -2.33. The molecular formula is C14H17N5O2S. The number of hydrogen-bond donors (Lipinski definition) is 1. The first-order valence-corrected chi connectivity index (χ1v) is 7.93. The third-order valence-corrected chi connectivity index (χ3v) is 4.28. The Bertz CT molecular complexity index is 633. The molecule has 0 aliphatic carbocycles. The van der Waals surface area contributed by atoms with Gasteiger partial charge in [0.25, 0.3) is 0 Å². The van der Waals surface area contributed by atoms with Crippen LogP contribution in [-0.2, 0) is 9.53 Å². The Morgan fingerprint density at radius 2 is 2.45 bits per heavy atom. The van der Waals surface area contributed by atoms with Crippen LogP contribution in [0.2, 0.25) is 0 Å². The minimum absolute atomic E-state index is 0.0152. The second-order valence-corrected chi connectivity index (χ2v) is 5.83. The van der Waals surface area contributed by atoms with E-state index in [2.05, 4.69) is 20.3 Å². The van der Waals surface area contributed by atoms with Gasteiger partial charge >= 0.3 is 0 Å². The average Bonchev–Trinajstić information content (AvgIpc) is 3.17. The normalized spacial score (nSPS) is 17.7. The van der Waals surface area contributed by atoms with Crippen molar-refractivity contribution >= 4 is 28.2 Å². The minimum atomic E-state index is 0.0152. The van der Waals surface area contributed by atoms with Crippen LogP contribution in [0.1, 0.15) is 24.6 Å². The van der Waals surface area contributed by atoms with Gasteiger partial charge in [-0.25, -0.2) is 9.97 Å². The lowest BCUT2D eigenvalue weighted by molar-refractivity contribution is -0.136. The number of nitrogens with zero attached hydrogens (tertiary/aromatic N) is 4. The average molecular weight is 319 g/mol. The first-order chi connectivity index (χ1) is 10.8. The molecule has 0 bridgehead atoms. The number of carbonyl (C=O) groups is 1. The van der Waals surface area contributed by atoms with Crippen molar-refractivity contribution < 1.29 is 9.53 Å². The number of likely N-dealkylation sites (tertiary alicyclic amines) is 1. The first-order valence-electron chi connectivity index (χ1n) is 7.05. The fraction of sp³-hybridized carbons (Fsp3) is 0.429. The van der Waals surface area contributed by atoms with Gasteiger partial charge in [-0.3, -0.25) is 9.78 Å². The molecule has 1 amide bonds. The van der Waals surface area contributed by atoms with E-state index in [0.29, 0.717) is 5.82 Å². The summed E-state index contributed by atoms with van der Waals surface area (Å²) in [7, 11) is 1.54. The molecule has 0 radical (unpaired) electrons. The van der Waals surface area contributed by atoms with Crippen molar-refractivity contribution in [2.24, 2.45) is 0 Å². The zero-order valence-electron chi connectivity index (χ0n) is 12.2. The molecule has 2 aromatic rings. The number of amides is 1. The number of methoxy groups -OCH3 is 1. The number of nitrogens with one attached hydrogen (secondary N) is 1. The van der Waals surface area contributed by atoms with E-state index < -0.39 is 0 Å². The third-order valence-electron chi connectivity index (χ3n) is 3.50. The zero-order chi connectivity index (χ0) is 15.4. The molecule has 3 heterocycles. The Morgan fingerprint density at radius 1 is 1.55 bits per heavy atom. The van der Waals surface area contributed by atoms with Crippen LogP contribution in [0.15, 0.2) is 24.0 Å². The molecule has 1 atom stereocenters. The van der Waals surface area contributed by atoms with Gasteiger partial charge in [0.05, 0.1) is 17.9 Å². The summed E-state index contributed by atoms with van der Waals surface area (Å²) in [5.41, 5.74) is 0.915. The molecule has 116 valence electrons.